The molecule has 1 fully saturated rings. The third kappa shape index (κ3) is 3.72. The monoisotopic (exact) mass is 236 g/mol. The minimum atomic E-state index is 0.481. The average Bonchev–Trinajstić information content (AvgIpc) is 2.58. The minimum Gasteiger partial charge on any atom is -0.374 e. The lowest BCUT2D eigenvalue weighted by Crippen LogP contribution is -2.36. The largest absolute Gasteiger partial charge is 0.374 e. The number of hydrogen-bond donors (Lipinski definition) is 3. The lowest BCUT2D eigenvalue weighted by molar-refractivity contribution is 0.511. The van der Waals surface area contributed by atoms with Crippen molar-refractivity contribution < 1.29 is 0 Å². The Balaban J connectivity index is 1.68. The quantitative estimate of drug-likeness (QED) is 0.701. The highest BCUT2D eigenvalue weighted by Crippen LogP contribution is 2.13. The molecule has 0 aromatic heterocycles. The molecular formula is C13H24N4. The smallest absolute Gasteiger partial charge is 0.0992 e. The first-order valence-electron chi connectivity index (χ1n) is 6.88. The highest BCUT2D eigenvalue weighted by atomic mass is 15.0. The van der Waals surface area contributed by atoms with Crippen LogP contribution in [0.15, 0.2) is 4.99 Å². The summed E-state index contributed by atoms with van der Waals surface area (Å²) in [7, 11) is 0. The van der Waals surface area contributed by atoms with E-state index in [0.717, 1.165) is 31.8 Å². The summed E-state index contributed by atoms with van der Waals surface area (Å²) in [6.07, 6.45) is 6.82. The molecule has 1 saturated heterocycles. The maximum absolute atomic E-state index is 7.74. The first-order chi connectivity index (χ1) is 8.25. The van der Waals surface area contributed by atoms with Crippen LogP contribution in [0, 0.1) is 11.3 Å². The molecule has 0 saturated carbocycles. The highest BCUT2D eigenvalue weighted by Gasteiger charge is 2.17. The van der Waals surface area contributed by atoms with Gasteiger partial charge in [0.1, 0.15) is 0 Å². The summed E-state index contributed by atoms with van der Waals surface area (Å²) < 4.78 is 0. The van der Waals surface area contributed by atoms with Crippen LogP contribution in [0.25, 0.3) is 0 Å². The van der Waals surface area contributed by atoms with Gasteiger partial charge in [-0.15, -0.1) is 0 Å². The van der Waals surface area contributed by atoms with E-state index >= 15 is 0 Å². The summed E-state index contributed by atoms with van der Waals surface area (Å²) >= 11 is 0. The number of rotatable bonds is 3. The summed E-state index contributed by atoms with van der Waals surface area (Å²) in [6, 6.07) is 0.481. The van der Waals surface area contributed by atoms with Crippen molar-refractivity contribution in [1.82, 2.24) is 10.6 Å². The number of nitrogens with one attached hydrogen (secondary N) is 3. The summed E-state index contributed by atoms with van der Waals surface area (Å²) in [5, 5.41) is 14.5. The fourth-order valence-corrected chi connectivity index (χ4v) is 2.58. The van der Waals surface area contributed by atoms with E-state index in [1.54, 1.807) is 0 Å². The van der Waals surface area contributed by atoms with Gasteiger partial charge in [-0.05, 0) is 25.7 Å². The number of hydrogen-bond acceptors (Lipinski definition) is 3. The van der Waals surface area contributed by atoms with E-state index in [0.29, 0.717) is 12.0 Å². The summed E-state index contributed by atoms with van der Waals surface area (Å²) in [5.41, 5.74) is 0. The number of nitrogens with zero attached hydrogens (tertiary/aromatic N) is 1. The van der Waals surface area contributed by atoms with E-state index in [-0.39, 0.29) is 0 Å². The Labute approximate surface area is 104 Å². The van der Waals surface area contributed by atoms with Gasteiger partial charge in [-0.3, -0.25) is 10.4 Å². The second-order valence-electron chi connectivity index (χ2n) is 5.24. The van der Waals surface area contributed by atoms with Crippen LogP contribution in [0.4, 0.5) is 0 Å². The maximum Gasteiger partial charge on any atom is 0.0992 e. The molecule has 3 N–H and O–H groups in total. The second-order valence-corrected chi connectivity index (χ2v) is 5.24. The average molecular weight is 236 g/mol. The van der Waals surface area contributed by atoms with Gasteiger partial charge in [0.25, 0.3) is 0 Å². The lowest BCUT2D eigenvalue weighted by Gasteiger charge is -2.18. The zero-order valence-electron chi connectivity index (χ0n) is 10.8. The fourth-order valence-electron chi connectivity index (χ4n) is 2.58. The van der Waals surface area contributed by atoms with E-state index in [1.165, 1.54) is 31.5 Å². The van der Waals surface area contributed by atoms with Gasteiger partial charge in [0.2, 0.25) is 0 Å². The topological polar surface area (TPSA) is 60.3 Å². The molecule has 0 aromatic carbocycles. The molecule has 17 heavy (non-hydrogen) atoms. The van der Waals surface area contributed by atoms with Crippen LogP contribution in [0.3, 0.4) is 0 Å². The van der Waals surface area contributed by atoms with Gasteiger partial charge in [0, 0.05) is 31.5 Å². The van der Waals surface area contributed by atoms with Crippen molar-refractivity contribution in [1.29, 1.82) is 5.41 Å². The minimum absolute atomic E-state index is 0.481. The summed E-state index contributed by atoms with van der Waals surface area (Å²) in [6.45, 7) is 4.20. The molecular weight excluding hydrogens is 212 g/mol. The molecule has 4 heteroatoms. The molecule has 2 heterocycles. The van der Waals surface area contributed by atoms with Crippen LogP contribution in [-0.2, 0) is 0 Å². The van der Waals surface area contributed by atoms with Gasteiger partial charge >= 0.3 is 0 Å². The van der Waals surface area contributed by atoms with E-state index < -0.39 is 0 Å². The molecule has 0 spiro atoms. The molecule has 2 rings (SSSR count). The maximum atomic E-state index is 7.74. The fraction of sp³-hybridized carbons (Fsp3) is 0.846. The molecule has 2 aliphatic rings. The predicted molar refractivity (Wildman–Crippen MR) is 71.8 cm³/mol. The number of amidine groups is 2. The van der Waals surface area contributed by atoms with Crippen molar-refractivity contribution in [2.45, 2.75) is 51.5 Å². The molecule has 0 radical (unpaired) electrons. The second kappa shape index (κ2) is 6.03. The Morgan fingerprint density at radius 2 is 2.29 bits per heavy atom. The van der Waals surface area contributed by atoms with Gasteiger partial charge < -0.3 is 10.6 Å². The first-order valence-corrected chi connectivity index (χ1v) is 6.88. The van der Waals surface area contributed by atoms with E-state index in [4.69, 9.17) is 5.41 Å². The van der Waals surface area contributed by atoms with Crippen molar-refractivity contribution >= 4 is 11.7 Å². The van der Waals surface area contributed by atoms with Crippen LogP contribution in [0.1, 0.15) is 45.4 Å². The van der Waals surface area contributed by atoms with Crippen molar-refractivity contribution in [3.63, 3.8) is 0 Å². The van der Waals surface area contributed by atoms with E-state index in [9.17, 15) is 0 Å². The Morgan fingerprint density at radius 1 is 1.41 bits per heavy atom. The zero-order chi connectivity index (χ0) is 12.1. The third-order valence-corrected chi connectivity index (χ3v) is 3.72. The Bertz CT molecular complexity index is 298. The van der Waals surface area contributed by atoms with Gasteiger partial charge in [-0.25, -0.2) is 0 Å². The third-order valence-electron chi connectivity index (χ3n) is 3.72. The van der Waals surface area contributed by atoms with Crippen LogP contribution in [0.2, 0.25) is 0 Å². The van der Waals surface area contributed by atoms with Crippen molar-refractivity contribution in [2.75, 3.05) is 13.1 Å². The van der Waals surface area contributed by atoms with Gasteiger partial charge in [0.05, 0.1) is 11.7 Å². The van der Waals surface area contributed by atoms with Crippen LogP contribution < -0.4 is 10.6 Å². The van der Waals surface area contributed by atoms with Crippen molar-refractivity contribution in [3.8, 4) is 0 Å². The van der Waals surface area contributed by atoms with Gasteiger partial charge in [-0.1, -0.05) is 13.3 Å². The Morgan fingerprint density at radius 3 is 3.06 bits per heavy atom. The normalized spacial score (nSPS) is 29.5. The molecule has 2 atom stereocenters. The first kappa shape index (κ1) is 12.4. The Kier molecular flexibility index (Phi) is 4.40. The summed E-state index contributed by atoms with van der Waals surface area (Å²) in [5.74, 6) is 2.52. The molecule has 96 valence electrons. The predicted octanol–water partition coefficient (Wildman–Crippen LogP) is 1.91. The van der Waals surface area contributed by atoms with Gasteiger partial charge in [0.15, 0.2) is 0 Å². The van der Waals surface area contributed by atoms with Crippen molar-refractivity contribution in [3.05, 3.63) is 0 Å². The molecule has 4 nitrogen and oxygen atoms in total. The molecule has 0 aliphatic carbocycles. The van der Waals surface area contributed by atoms with Crippen LogP contribution >= 0.6 is 0 Å². The number of aliphatic imine (C=N–C) groups is 1. The van der Waals surface area contributed by atoms with E-state index in [1.807, 2.05) is 0 Å². The van der Waals surface area contributed by atoms with Crippen LogP contribution in [0.5, 0.6) is 0 Å². The van der Waals surface area contributed by atoms with E-state index in [2.05, 4.69) is 22.5 Å². The zero-order valence-corrected chi connectivity index (χ0v) is 10.8. The molecule has 0 bridgehead atoms. The highest BCUT2D eigenvalue weighted by molar-refractivity contribution is 5.85. The molecule has 2 aliphatic heterocycles. The van der Waals surface area contributed by atoms with Crippen LogP contribution in [-0.4, -0.2) is 30.8 Å². The lowest BCUT2D eigenvalue weighted by atomic mass is 10.1. The van der Waals surface area contributed by atoms with Crippen molar-refractivity contribution in [2.24, 2.45) is 10.9 Å². The molecule has 0 aromatic rings. The SMILES string of the molecule is CC1CCN=C1NCCC1CCCCC(=N)N1. The Hall–Kier alpha value is -1.06. The van der Waals surface area contributed by atoms with Gasteiger partial charge in [-0.2, -0.15) is 0 Å². The molecule has 2 unspecified atom stereocenters. The summed E-state index contributed by atoms with van der Waals surface area (Å²) in [4.78, 5) is 4.48. The standard InChI is InChI=1S/C13H24N4/c1-10-6-8-15-13(10)16-9-7-11-4-2-3-5-12(14)17-11/h10-11H,2-9H2,1H3,(H2,14,17)(H,15,16). The molecule has 0 amide bonds.